The fourth-order valence-corrected chi connectivity index (χ4v) is 1.42. The van der Waals surface area contributed by atoms with Crippen LogP contribution in [-0.4, -0.2) is 12.3 Å². The highest BCUT2D eigenvalue weighted by Gasteiger charge is 2.10. The molecule has 0 aliphatic heterocycles. The summed E-state index contributed by atoms with van der Waals surface area (Å²) in [6, 6.07) is 0. The minimum absolute atomic E-state index is 0.152. The first kappa shape index (κ1) is 13.4. The van der Waals surface area contributed by atoms with E-state index in [0.717, 1.165) is 38.5 Å². The van der Waals surface area contributed by atoms with Gasteiger partial charge in [0.15, 0.2) is 0 Å². The molecule has 14 heavy (non-hydrogen) atoms. The zero-order valence-corrected chi connectivity index (χ0v) is 9.30. The summed E-state index contributed by atoms with van der Waals surface area (Å²) < 4.78 is 0. The topological polar surface area (TPSA) is 43.1 Å². The van der Waals surface area contributed by atoms with Crippen molar-refractivity contribution in [2.45, 2.75) is 45.4 Å². The largest absolute Gasteiger partial charge is 0.330 e. The molecule has 0 radical (unpaired) electrons. The fourth-order valence-electron chi connectivity index (χ4n) is 1.42. The van der Waals surface area contributed by atoms with Gasteiger partial charge in [-0.25, -0.2) is 0 Å². The van der Waals surface area contributed by atoms with Crippen molar-refractivity contribution < 1.29 is 4.79 Å². The number of rotatable bonds is 9. The molecule has 0 fully saturated rings. The molecule has 2 heteroatoms. The first-order valence-electron chi connectivity index (χ1n) is 5.56. The molecule has 1 unspecified atom stereocenters. The molecular formula is C12H23NO. The van der Waals surface area contributed by atoms with Gasteiger partial charge in [-0.05, 0) is 32.2 Å². The molecule has 82 valence electrons. The van der Waals surface area contributed by atoms with Gasteiger partial charge in [-0.2, -0.15) is 0 Å². The second kappa shape index (κ2) is 8.95. The highest BCUT2D eigenvalue weighted by Crippen LogP contribution is 2.10. The number of hydrogen-bond donors (Lipinski definition) is 1. The van der Waals surface area contributed by atoms with Crippen LogP contribution in [0.2, 0.25) is 0 Å². The lowest BCUT2D eigenvalue weighted by molar-refractivity contribution is -0.122. The van der Waals surface area contributed by atoms with Crippen LogP contribution in [0.3, 0.4) is 0 Å². The molecule has 0 bridgehead atoms. The summed E-state index contributed by atoms with van der Waals surface area (Å²) in [6.45, 7) is 6.25. The molecule has 0 aliphatic rings. The second-order valence-electron chi connectivity index (χ2n) is 3.83. The van der Waals surface area contributed by atoms with Gasteiger partial charge in [0.05, 0.1) is 0 Å². The number of Topliss-reactive ketones (excluding diaryl/α,β-unsaturated/α-hetero) is 1. The third-order valence-corrected chi connectivity index (χ3v) is 2.48. The number of allylic oxidation sites excluding steroid dienone is 1. The third kappa shape index (κ3) is 6.84. The zero-order chi connectivity index (χ0) is 10.8. The summed E-state index contributed by atoms with van der Waals surface area (Å²) in [6.07, 6.45) is 7.84. The van der Waals surface area contributed by atoms with E-state index in [4.69, 9.17) is 5.73 Å². The molecule has 0 spiro atoms. The Labute approximate surface area is 87.6 Å². The van der Waals surface area contributed by atoms with E-state index in [1.807, 2.05) is 13.0 Å². The number of carbonyl (C=O) groups excluding carboxylic acids is 1. The predicted molar refractivity (Wildman–Crippen MR) is 61.1 cm³/mol. The van der Waals surface area contributed by atoms with E-state index < -0.39 is 0 Å². The van der Waals surface area contributed by atoms with Gasteiger partial charge >= 0.3 is 0 Å². The van der Waals surface area contributed by atoms with Gasteiger partial charge in [0.25, 0.3) is 0 Å². The lowest BCUT2D eigenvalue weighted by Crippen LogP contribution is -2.15. The van der Waals surface area contributed by atoms with Crippen molar-refractivity contribution in [2.24, 2.45) is 11.7 Å². The average molecular weight is 197 g/mol. The zero-order valence-electron chi connectivity index (χ0n) is 9.30. The van der Waals surface area contributed by atoms with Gasteiger partial charge in [-0.1, -0.05) is 19.4 Å². The molecule has 0 saturated carbocycles. The Kier molecular flexibility index (Phi) is 8.54. The van der Waals surface area contributed by atoms with E-state index in [9.17, 15) is 4.79 Å². The smallest absolute Gasteiger partial charge is 0.135 e. The molecule has 0 aromatic carbocycles. The highest BCUT2D eigenvalue weighted by molar-refractivity contribution is 5.80. The SMILES string of the molecule is C=CCCCCCC(=O)C(C)CCN. The van der Waals surface area contributed by atoms with Crippen LogP contribution in [-0.2, 0) is 4.79 Å². The lowest BCUT2D eigenvalue weighted by atomic mass is 9.98. The monoisotopic (exact) mass is 197 g/mol. The van der Waals surface area contributed by atoms with E-state index in [1.54, 1.807) is 0 Å². The van der Waals surface area contributed by atoms with Crippen LogP contribution in [0, 0.1) is 5.92 Å². The van der Waals surface area contributed by atoms with Crippen molar-refractivity contribution in [1.29, 1.82) is 0 Å². The molecule has 0 aromatic heterocycles. The van der Waals surface area contributed by atoms with Gasteiger partial charge < -0.3 is 5.73 Å². The first-order valence-corrected chi connectivity index (χ1v) is 5.56. The van der Waals surface area contributed by atoms with Gasteiger partial charge in [-0.3, -0.25) is 4.79 Å². The maximum atomic E-state index is 11.5. The molecule has 0 aromatic rings. The first-order chi connectivity index (χ1) is 6.72. The summed E-state index contributed by atoms with van der Waals surface area (Å²) >= 11 is 0. The maximum absolute atomic E-state index is 11.5. The van der Waals surface area contributed by atoms with E-state index in [1.165, 1.54) is 0 Å². The van der Waals surface area contributed by atoms with Crippen molar-refractivity contribution >= 4 is 5.78 Å². The Hall–Kier alpha value is -0.630. The molecule has 0 heterocycles. The Morgan fingerprint density at radius 1 is 1.43 bits per heavy atom. The van der Waals surface area contributed by atoms with Crippen molar-refractivity contribution in [1.82, 2.24) is 0 Å². The van der Waals surface area contributed by atoms with Crippen LogP contribution >= 0.6 is 0 Å². The highest BCUT2D eigenvalue weighted by atomic mass is 16.1. The van der Waals surface area contributed by atoms with Crippen LogP contribution in [0.5, 0.6) is 0 Å². The van der Waals surface area contributed by atoms with Crippen LogP contribution < -0.4 is 5.73 Å². The Morgan fingerprint density at radius 2 is 2.14 bits per heavy atom. The Morgan fingerprint density at radius 3 is 2.71 bits per heavy atom. The molecule has 0 amide bonds. The number of carbonyl (C=O) groups is 1. The second-order valence-corrected chi connectivity index (χ2v) is 3.83. The van der Waals surface area contributed by atoms with Gasteiger partial charge in [0.2, 0.25) is 0 Å². The summed E-state index contributed by atoms with van der Waals surface area (Å²) in [5.41, 5.74) is 5.40. The van der Waals surface area contributed by atoms with Crippen LogP contribution in [0.1, 0.15) is 45.4 Å². The maximum Gasteiger partial charge on any atom is 0.135 e. The Bertz CT molecular complexity index is 166. The molecule has 0 rings (SSSR count). The van der Waals surface area contributed by atoms with Gasteiger partial charge in [0, 0.05) is 12.3 Å². The Balaban J connectivity index is 3.38. The number of unbranched alkanes of at least 4 members (excludes halogenated alkanes) is 3. The molecule has 0 saturated heterocycles. The minimum atomic E-state index is 0.152. The molecular weight excluding hydrogens is 174 g/mol. The van der Waals surface area contributed by atoms with Crippen molar-refractivity contribution in [3.05, 3.63) is 12.7 Å². The summed E-state index contributed by atoms with van der Waals surface area (Å²) in [7, 11) is 0. The predicted octanol–water partition coefficient (Wildman–Crippen LogP) is 2.68. The summed E-state index contributed by atoms with van der Waals surface area (Å²) in [4.78, 5) is 11.5. The van der Waals surface area contributed by atoms with E-state index in [-0.39, 0.29) is 5.92 Å². The average Bonchev–Trinajstić information content (AvgIpc) is 2.17. The number of nitrogens with two attached hydrogens (primary N) is 1. The van der Waals surface area contributed by atoms with E-state index in [2.05, 4.69) is 6.58 Å². The molecule has 2 N–H and O–H groups in total. The number of hydrogen-bond acceptors (Lipinski definition) is 2. The minimum Gasteiger partial charge on any atom is -0.330 e. The van der Waals surface area contributed by atoms with Crippen molar-refractivity contribution in [3.8, 4) is 0 Å². The standard InChI is InChI=1S/C12H23NO/c1-3-4-5-6-7-8-12(14)11(2)9-10-13/h3,11H,1,4-10,13H2,2H3. The van der Waals surface area contributed by atoms with Gasteiger partial charge in [-0.15, -0.1) is 6.58 Å². The van der Waals surface area contributed by atoms with Crippen LogP contribution in [0.15, 0.2) is 12.7 Å². The fraction of sp³-hybridized carbons (Fsp3) is 0.750. The quantitative estimate of drug-likeness (QED) is 0.456. The van der Waals surface area contributed by atoms with E-state index in [0.29, 0.717) is 12.3 Å². The van der Waals surface area contributed by atoms with Gasteiger partial charge in [0.1, 0.15) is 5.78 Å². The molecule has 0 aliphatic carbocycles. The normalized spacial score (nSPS) is 12.4. The van der Waals surface area contributed by atoms with Crippen LogP contribution in [0.4, 0.5) is 0 Å². The van der Waals surface area contributed by atoms with Crippen molar-refractivity contribution in [3.63, 3.8) is 0 Å². The number of ketones is 1. The summed E-state index contributed by atoms with van der Waals surface area (Å²) in [5.74, 6) is 0.522. The molecule has 1 atom stereocenters. The summed E-state index contributed by atoms with van der Waals surface area (Å²) in [5, 5.41) is 0. The van der Waals surface area contributed by atoms with E-state index >= 15 is 0 Å². The van der Waals surface area contributed by atoms with Crippen LogP contribution in [0.25, 0.3) is 0 Å². The van der Waals surface area contributed by atoms with Crippen molar-refractivity contribution in [2.75, 3.05) is 6.54 Å². The lowest BCUT2D eigenvalue weighted by Gasteiger charge is -2.07. The molecule has 2 nitrogen and oxygen atoms in total. The third-order valence-electron chi connectivity index (χ3n) is 2.48.